The highest BCUT2D eigenvalue weighted by Crippen LogP contribution is 2.32. The molecule has 0 atom stereocenters. The maximum absolute atomic E-state index is 9.92. The predicted octanol–water partition coefficient (Wildman–Crippen LogP) is 3.42. The number of methoxy groups -OCH3 is 1. The SMILES string of the molecule is COc1cccc2c(Nc3ccccc3O)cc(C)[nH+]c12. The number of hydrogen-bond donors (Lipinski definition) is 2. The predicted molar refractivity (Wildman–Crippen MR) is 83.2 cm³/mol. The van der Waals surface area contributed by atoms with Gasteiger partial charge in [0.1, 0.15) is 5.75 Å². The third-order valence-corrected chi connectivity index (χ3v) is 3.39. The average molecular weight is 281 g/mol. The molecule has 3 N–H and O–H groups in total. The Kier molecular flexibility index (Phi) is 3.36. The monoisotopic (exact) mass is 281 g/mol. The lowest BCUT2D eigenvalue weighted by atomic mass is 10.1. The van der Waals surface area contributed by atoms with E-state index in [2.05, 4.69) is 10.3 Å². The second-order valence-electron chi connectivity index (χ2n) is 4.89. The molecule has 0 bridgehead atoms. The number of rotatable bonds is 3. The average Bonchev–Trinajstić information content (AvgIpc) is 2.49. The minimum Gasteiger partial charge on any atom is -0.506 e. The van der Waals surface area contributed by atoms with Crippen LogP contribution in [-0.4, -0.2) is 12.2 Å². The summed E-state index contributed by atoms with van der Waals surface area (Å²) in [6, 6.07) is 15.1. The maximum atomic E-state index is 9.92. The van der Waals surface area contributed by atoms with Crippen LogP contribution in [0.15, 0.2) is 48.5 Å². The third kappa shape index (κ3) is 2.48. The van der Waals surface area contributed by atoms with E-state index in [0.717, 1.165) is 28.0 Å². The zero-order valence-electron chi connectivity index (χ0n) is 12.0. The highest BCUT2D eigenvalue weighted by atomic mass is 16.5. The van der Waals surface area contributed by atoms with Gasteiger partial charge in [0.2, 0.25) is 0 Å². The first kappa shape index (κ1) is 13.2. The van der Waals surface area contributed by atoms with Gasteiger partial charge >= 0.3 is 0 Å². The summed E-state index contributed by atoms with van der Waals surface area (Å²) in [5, 5.41) is 14.2. The number of phenols is 1. The van der Waals surface area contributed by atoms with Crippen LogP contribution in [0.2, 0.25) is 0 Å². The zero-order valence-corrected chi connectivity index (χ0v) is 12.0. The van der Waals surface area contributed by atoms with Crippen molar-refractivity contribution in [2.24, 2.45) is 0 Å². The van der Waals surface area contributed by atoms with E-state index in [1.54, 1.807) is 19.2 Å². The quantitative estimate of drug-likeness (QED) is 0.723. The number of ether oxygens (including phenoxy) is 1. The van der Waals surface area contributed by atoms with Crippen LogP contribution in [0.4, 0.5) is 11.4 Å². The molecule has 0 fully saturated rings. The van der Waals surface area contributed by atoms with Gasteiger partial charge in [-0.2, -0.15) is 0 Å². The molecule has 0 radical (unpaired) electrons. The molecule has 0 aliphatic carbocycles. The summed E-state index contributed by atoms with van der Waals surface area (Å²) >= 11 is 0. The Morgan fingerprint density at radius 3 is 2.62 bits per heavy atom. The van der Waals surface area contributed by atoms with Gasteiger partial charge in [0, 0.05) is 13.0 Å². The summed E-state index contributed by atoms with van der Waals surface area (Å²) < 4.78 is 5.40. The van der Waals surface area contributed by atoms with Crippen LogP contribution < -0.4 is 15.0 Å². The molecule has 0 amide bonds. The topological polar surface area (TPSA) is 55.6 Å². The van der Waals surface area contributed by atoms with Crippen molar-refractivity contribution in [1.82, 2.24) is 0 Å². The molecule has 0 saturated heterocycles. The first-order valence-corrected chi connectivity index (χ1v) is 6.73. The zero-order chi connectivity index (χ0) is 14.8. The molecule has 0 spiro atoms. The first-order chi connectivity index (χ1) is 10.2. The molecule has 0 aliphatic heterocycles. The number of aromatic hydroxyl groups is 1. The largest absolute Gasteiger partial charge is 0.506 e. The van der Waals surface area contributed by atoms with Crippen LogP contribution in [0, 0.1) is 6.92 Å². The van der Waals surface area contributed by atoms with Crippen molar-refractivity contribution >= 4 is 22.3 Å². The summed E-state index contributed by atoms with van der Waals surface area (Å²) in [6.07, 6.45) is 0. The summed E-state index contributed by atoms with van der Waals surface area (Å²) in [6.45, 7) is 1.99. The minimum absolute atomic E-state index is 0.221. The Morgan fingerprint density at radius 1 is 1.05 bits per heavy atom. The van der Waals surface area contributed by atoms with E-state index in [9.17, 15) is 5.11 Å². The number of aromatic amines is 1. The Hall–Kier alpha value is -2.75. The first-order valence-electron chi connectivity index (χ1n) is 6.73. The van der Waals surface area contributed by atoms with E-state index in [-0.39, 0.29) is 5.75 Å². The van der Waals surface area contributed by atoms with E-state index >= 15 is 0 Å². The molecule has 1 heterocycles. The molecule has 4 nitrogen and oxygen atoms in total. The van der Waals surface area contributed by atoms with Gasteiger partial charge in [0.05, 0.1) is 23.9 Å². The minimum atomic E-state index is 0.221. The molecular weight excluding hydrogens is 264 g/mol. The number of aromatic nitrogens is 1. The van der Waals surface area contributed by atoms with Gasteiger partial charge < -0.3 is 15.2 Å². The van der Waals surface area contributed by atoms with Gasteiger partial charge in [-0.25, -0.2) is 4.98 Å². The summed E-state index contributed by atoms with van der Waals surface area (Å²) in [4.78, 5) is 3.32. The van der Waals surface area contributed by atoms with Gasteiger partial charge in [-0.1, -0.05) is 18.2 Å². The van der Waals surface area contributed by atoms with Crippen molar-refractivity contribution in [2.75, 3.05) is 12.4 Å². The van der Waals surface area contributed by atoms with Gasteiger partial charge in [-0.15, -0.1) is 0 Å². The van der Waals surface area contributed by atoms with Gasteiger partial charge in [-0.05, 0) is 24.3 Å². The molecule has 0 aliphatic rings. The lowest BCUT2D eigenvalue weighted by Crippen LogP contribution is -2.11. The van der Waals surface area contributed by atoms with Crippen LogP contribution in [0.25, 0.3) is 10.9 Å². The number of H-pyrrole nitrogens is 1. The molecule has 4 heteroatoms. The van der Waals surface area contributed by atoms with Gasteiger partial charge in [0.25, 0.3) is 5.52 Å². The number of benzene rings is 2. The second-order valence-corrected chi connectivity index (χ2v) is 4.89. The van der Waals surface area contributed by atoms with Crippen molar-refractivity contribution in [2.45, 2.75) is 6.92 Å². The van der Waals surface area contributed by atoms with Crippen LogP contribution in [-0.2, 0) is 0 Å². The molecule has 0 unspecified atom stereocenters. The van der Waals surface area contributed by atoms with Gasteiger partial charge in [0.15, 0.2) is 11.4 Å². The standard InChI is InChI=1S/C17H16N2O2/c1-11-10-14(19-13-7-3-4-8-15(13)20)12-6-5-9-16(21-2)17(12)18-11/h3-10,20H,1-2H3,(H,18,19)/p+1. The summed E-state index contributed by atoms with van der Waals surface area (Å²) in [5.41, 5.74) is 3.52. The summed E-state index contributed by atoms with van der Waals surface area (Å²) in [5.74, 6) is 1.01. The van der Waals surface area contributed by atoms with Gasteiger partial charge in [-0.3, -0.25) is 0 Å². The molecule has 0 saturated carbocycles. The lowest BCUT2D eigenvalue weighted by molar-refractivity contribution is -0.355. The highest BCUT2D eigenvalue weighted by Gasteiger charge is 2.14. The fraction of sp³-hybridized carbons (Fsp3) is 0.118. The van der Waals surface area contributed by atoms with Crippen molar-refractivity contribution in [3.63, 3.8) is 0 Å². The molecular formula is C17H17N2O2+. The van der Waals surface area contributed by atoms with Crippen LogP contribution >= 0.6 is 0 Å². The summed E-state index contributed by atoms with van der Waals surface area (Å²) in [7, 11) is 1.65. The normalized spacial score (nSPS) is 10.6. The third-order valence-electron chi connectivity index (χ3n) is 3.39. The van der Waals surface area contributed by atoms with Crippen LogP contribution in [0.3, 0.4) is 0 Å². The van der Waals surface area contributed by atoms with Crippen molar-refractivity contribution in [3.05, 3.63) is 54.2 Å². The van der Waals surface area contributed by atoms with Crippen LogP contribution in [0.5, 0.6) is 11.5 Å². The van der Waals surface area contributed by atoms with Crippen molar-refractivity contribution in [3.8, 4) is 11.5 Å². The number of aryl methyl sites for hydroxylation is 1. The molecule has 21 heavy (non-hydrogen) atoms. The number of nitrogens with one attached hydrogen (secondary N) is 2. The van der Waals surface area contributed by atoms with Crippen molar-refractivity contribution in [1.29, 1.82) is 0 Å². The molecule has 2 aromatic carbocycles. The highest BCUT2D eigenvalue weighted by molar-refractivity contribution is 5.94. The second kappa shape index (κ2) is 5.32. The van der Waals surface area contributed by atoms with E-state index in [0.29, 0.717) is 5.69 Å². The van der Waals surface area contributed by atoms with E-state index in [4.69, 9.17) is 4.74 Å². The maximum Gasteiger partial charge on any atom is 0.255 e. The Labute approximate surface area is 123 Å². The number of fused-ring (bicyclic) bond motifs is 1. The van der Waals surface area contributed by atoms with E-state index < -0.39 is 0 Å². The number of pyridine rings is 1. The van der Waals surface area contributed by atoms with Crippen LogP contribution in [0.1, 0.15) is 5.69 Å². The Morgan fingerprint density at radius 2 is 1.86 bits per heavy atom. The molecule has 3 aromatic rings. The van der Waals surface area contributed by atoms with Crippen molar-refractivity contribution < 1.29 is 14.8 Å². The fourth-order valence-corrected chi connectivity index (χ4v) is 2.41. The number of anilines is 2. The number of hydrogen-bond acceptors (Lipinski definition) is 3. The number of phenolic OH excluding ortho intramolecular Hbond substituents is 1. The smallest absolute Gasteiger partial charge is 0.255 e. The molecule has 3 rings (SSSR count). The Bertz CT molecular complexity index is 800. The van der Waals surface area contributed by atoms with E-state index in [1.165, 1.54) is 0 Å². The molecule has 1 aromatic heterocycles. The number of para-hydroxylation sites is 3. The van der Waals surface area contributed by atoms with E-state index in [1.807, 2.05) is 43.3 Å². The lowest BCUT2D eigenvalue weighted by Gasteiger charge is -2.10. The molecule has 106 valence electrons. The fourth-order valence-electron chi connectivity index (χ4n) is 2.41. The Balaban J connectivity index is 2.16.